The summed E-state index contributed by atoms with van der Waals surface area (Å²) in [6.45, 7) is 9.69. The summed E-state index contributed by atoms with van der Waals surface area (Å²) >= 11 is 1.68. The van der Waals surface area contributed by atoms with E-state index in [-0.39, 0.29) is 5.91 Å². The van der Waals surface area contributed by atoms with Crippen LogP contribution in [-0.4, -0.2) is 69.0 Å². The minimum absolute atomic E-state index is 0.0747. The van der Waals surface area contributed by atoms with Crippen molar-refractivity contribution in [3.8, 4) is 5.75 Å². The molecule has 7 heteroatoms. The Bertz CT molecular complexity index is 890. The highest BCUT2D eigenvalue weighted by Gasteiger charge is 2.15. The summed E-state index contributed by atoms with van der Waals surface area (Å²) in [5.41, 5.74) is 4.75. The van der Waals surface area contributed by atoms with E-state index in [0.29, 0.717) is 19.5 Å². The molecule has 174 valence electrons. The van der Waals surface area contributed by atoms with Crippen molar-refractivity contribution >= 4 is 23.5 Å². The van der Waals surface area contributed by atoms with Crippen LogP contribution in [-0.2, 0) is 11.3 Å². The molecule has 2 aromatic rings. The quantitative estimate of drug-likeness (QED) is 0.581. The van der Waals surface area contributed by atoms with Crippen LogP contribution >= 0.6 is 11.9 Å². The fraction of sp³-hybridized carbons (Fsp3) is 0.480. The maximum Gasteiger partial charge on any atom is 0.221 e. The molecular weight excluding hydrogens is 420 g/mol. The molecule has 0 radical (unpaired) electrons. The van der Waals surface area contributed by atoms with E-state index < -0.39 is 0 Å². The molecule has 0 unspecified atom stereocenters. The number of amides is 1. The second-order valence-corrected chi connectivity index (χ2v) is 9.73. The minimum Gasteiger partial charge on any atom is -0.497 e. The van der Waals surface area contributed by atoms with Crippen LogP contribution in [0.4, 0.5) is 5.69 Å². The number of anilines is 1. The van der Waals surface area contributed by atoms with Crippen LogP contribution in [0.15, 0.2) is 41.3 Å². The topological polar surface area (TPSA) is 48.1 Å². The van der Waals surface area contributed by atoms with Gasteiger partial charge in [-0.2, -0.15) is 0 Å². The highest BCUT2D eigenvalue weighted by atomic mass is 32.2. The lowest BCUT2D eigenvalue weighted by Crippen LogP contribution is -2.44. The van der Waals surface area contributed by atoms with Gasteiger partial charge in [0.2, 0.25) is 5.91 Å². The van der Waals surface area contributed by atoms with E-state index in [1.807, 2.05) is 19.2 Å². The van der Waals surface area contributed by atoms with Crippen molar-refractivity contribution in [2.24, 2.45) is 0 Å². The second kappa shape index (κ2) is 11.6. The first-order valence-corrected chi connectivity index (χ1v) is 12.0. The van der Waals surface area contributed by atoms with Gasteiger partial charge in [0.05, 0.1) is 7.11 Å². The molecule has 1 aliphatic heterocycles. The minimum atomic E-state index is 0.0747. The fourth-order valence-electron chi connectivity index (χ4n) is 3.85. The maximum atomic E-state index is 12.4. The van der Waals surface area contributed by atoms with Crippen LogP contribution in [0.3, 0.4) is 0 Å². The van der Waals surface area contributed by atoms with Crippen LogP contribution in [0, 0.1) is 13.8 Å². The molecule has 2 aromatic carbocycles. The van der Waals surface area contributed by atoms with Crippen molar-refractivity contribution in [1.29, 1.82) is 0 Å². The van der Waals surface area contributed by atoms with Crippen LogP contribution in [0.2, 0.25) is 0 Å². The summed E-state index contributed by atoms with van der Waals surface area (Å²) in [6, 6.07) is 12.6. The van der Waals surface area contributed by atoms with Crippen molar-refractivity contribution < 1.29 is 9.53 Å². The Morgan fingerprint density at radius 3 is 2.47 bits per heavy atom. The number of likely N-dealkylation sites (N-methyl/N-ethyl adjacent to an activating group) is 1. The molecule has 3 rings (SSSR count). The molecule has 1 N–H and O–H groups in total. The first-order chi connectivity index (χ1) is 15.4. The average molecular weight is 457 g/mol. The zero-order valence-corrected chi connectivity index (χ0v) is 20.8. The van der Waals surface area contributed by atoms with Crippen molar-refractivity contribution in [3.05, 3.63) is 53.1 Å². The maximum absolute atomic E-state index is 12.4. The molecule has 0 bridgehead atoms. The number of rotatable bonds is 9. The number of hydrogen-bond acceptors (Lipinski definition) is 6. The molecule has 0 aliphatic carbocycles. The number of carbonyl (C=O) groups excluding carboxylic acids is 1. The highest BCUT2D eigenvalue weighted by molar-refractivity contribution is 7.97. The Morgan fingerprint density at radius 2 is 1.81 bits per heavy atom. The summed E-state index contributed by atoms with van der Waals surface area (Å²) in [5.74, 6) is 0.952. The van der Waals surface area contributed by atoms with Crippen LogP contribution in [0.5, 0.6) is 5.75 Å². The van der Waals surface area contributed by atoms with Gasteiger partial charge in [-0.3, -0.25) is 4.79 Å². The first kappa shape index (κ1) is 24.4. The van der Waals surface area contributed by atoms with Crippen molar-refractivity contribution in [2.75, 3.05) is 58.8 Å². The number of methoxy groups -OCH3 is 1. The monoisotopic (exact) mass is 456 g/mol. The molecule has 6 nitrogen and oxygen atoms in total. The highest BCUT2D eigenvalue weighted by Crippen LogP contribution is 2.31. The van der Waals surface area contributed by atoms with Gasteiger partial charge in [-0.25, -0.2) is 4.31 Å². The van der Waals surface area contributed by atoms with Crippen molar-refractivity contribution in [2.45, 2.75) is 31.7 Å². The molecule has 0 saturated carbocycles. The first-order valence-electron chi connectivity index (χ1n) is 11.2. The number of aryl methyl sites for hydroxylation is 2. The average Bonchev–Trinajstić information content (AvgIpc) is 2.79. The number of piperazine rings is 1. The molecule has 0 aromatic heterocycles. The SMILES string of the molecule is COc1cc(C)c(SN(C)CCC(=O)NCc2cccc(N3CCN(C)CC3)c2)c(C)c1. The normalized spacial score (nSPS) is 14.6. The standard InChI is InChI=1S/C25H36N4O2S/c1-19-15-23(31-5)16-20(2)25(19)32-28(4)10-9-24(30)26-18-21-7-6-8-22(17-21)29-13-11-27(3)12-14-29/h6-8,15-17H,9-14,18H2,1-5H3,(H,26,30). The third-order valence-corrected chi connectivity index (χ3v) is 7.16. The summed E-state index contributed by atoms with van der Waals surface area (Å²) in [5, 5.41) is 3.08. The Labute approximate surface area is 197 Å². The van der Waals surface area contributed by atoms with E-state index in [1.54, 1.807) is 19.1 Å². The molecule has 32 heavy (non-hydrogen) atoms. The summed E-state index contributed by atoms with van der Waals surface area (Å²) in [4.78, 5) is 18.4. The van der Waals surface area contributed by atoms with E-state index in [2.05, 4.69) is 64.6 Å². The van der Waals surface area contributed by atoms with Gasteiger partial charge in [-0.1, -0.05) is 12.1 Å². The Balaban J connectivity index is 1.45. The van der Waals surface area contributed by atoms with Gasteiger partial charge in [0.25, 0.3) is 0 Å². The van der Waals surface area contributed by atoms with Gasteiger partial charge in [0.1, 0.15) is 5.75 Å². The number of carbonyl (C=O) groups is 1. The van der Waals surface area contributed by atoms with E-state index in [0.717, 1.165) is 37.5 Å². The van der Waals surface area contributed by atoms with Gasteiger partial charge in [-0.05, 0) is 80.8 Å². The van der Waals surface area contributed by atoms with Crippen LogP contribution < -0.4 is 15.0 Å². The zero-order valence-electron chi connectivity index (χ0n) is 20.0. The van der Waals surface area contributed by atoms with E-state index >= 15 is 0 Å². The number of benzene rings is 2. The number of nitrogens with zero attached hydrogens (tertiary/aromatic N) is 3. The summed E-state index contributed by atoms with van der Waals surface area (Å²) < 4.78 is 7.46. The summed E-state index contributed by atoms with van der Waals surface area (Å²) in [6.07, 6.45) is 0.468. The zero-order chi connectivity index (χ0) is 23.1. The lowest BCUT2D eigenvalue weighted by Gasteiger charge is -2.34. The lowest BCUT2D eigenvalue weighted by atomic mass is 10.1. The second-order valence-electron chi connectivity index (χ2n) is 8.52. The van der Waals surface area contributed by atoms with Gasteiger partial charge >= 0.3 is 0 Å². The Hall–Kier alpha value is -2.22. The number of hydrogen-bond donors (Lipinski definition) is 1. The van der Waals surface area contributed by atoms with E-state index in [9.17, 15) is 4.79 Å². The van der Waals surface area contributed by atoms with Gasteiger partial charge in [-0.15, -0.1) is 0 Å². The number of nitrogens with one attached hydrogen (secondary N) is 1. The van der Waals surface area contributed by atoms with Crippen molar-refractivity contribution in [1.82, 2.24) is 14.5 Å². The van der Waals surface area contributed by atoms with E-state index in [1.165, 1.54) is 21.7 Å². The van der Waals surface area contributed by atoms with E-state index in [4.69, 9.17) is 4.74 Å². The largest absolute Gasteiger partial charge is 0.497 e. The van der Waals surface area contributed by atoms with Gasteiger partial charge in [0.15, 0.2) is 0 Å². The molecule has 0 atom stereocenters. The molecular formula is C25H36N4O2S. The molecule has 1 aliphatic rings. The smallest absolute Gasteiger partial charge is 0.221 e. The van der Waals surface area contributed by atoms with Gasteiger partial charge in [0, 0.05) is 56.3 Å². The molecule has 1 heterocycles. The van der Waals surface area contributed by atoms with Gasteiger partial charge < -0.3 is 19.9 Å². The predicted molar refractivity (Wildman–Crippen MR) is 134 cm³/mol. The fourth-order valence-corrected chi connectivity index (χ4v) is 4.75. The molecule has 1 amide bonds. The molecule has 1 fully saturated rings. The molecule has 1 saturated heterocycles. The van der Waals surface area contributed by atoms with Crippen LogP contribution in [0.25, 0.3) is 0 Å². The van der Waals surface area contributed by atoms with Crippen molar-refractivity contribution in [3.63, 3.8) is 0 Å². The molecule has 0 spiro atoms. The third kappa shape index (κ3) is 6.89. The number of ether oxygens (including phenoxy) is 1. The third-order valence-electron chi connectivity index (χ3n) is 5.84. The Kier molecular flexibility index (Phi) is 8.84. The van der Waals surface area contributed by atoms with Crippen LogP contribution in [0.1, 0.15) is 23.1 Å². The summed E-state index contributed by atoms with van der Waals surface area (Å²) in [7, 11) is 5.88. The lowest BCUT2D eigenvalue weighted by molar-refractivity contribution is -0.121. The predicted octanol–water partition coefficient (Wildman–Crippen LogP) is 3.71. The Morgan fingerprint density at radius 1 is 1.12 bits per heavy atom.